The highest BCUT2D eigenvalue weighted by atomic mass is 35.5. The van der Waals surface area contributed by atoms with E-state index in [-0.39, 0.29) is 30.6 Å². The highest BCUT2D eigenvalue weighted by Gasteiger charge is 2.09. The molecule has 1 aromatic heterocycles. The van der Waals surface area contributed by atoms with Crippen LogP contribution in [0.1, 0.15) is 5.76 Å². The Balaban J connectivity index is 0.00000144. The Labute approximate surface area is 154 Å². The van der Waals surface area contributed by atoms with Crippen molar-refractivity contribution in [3.8, 4) is 11.3 Å². The van der Waals surface area contributed by atoms with Crippen LogP contribution in [0.5, 0.6) is 0 Å². The summed E-state index contributed by atoms with van der Waals surface area (Å²) < 4.78 is 24.0. The minimum Gasteiger partial charge on any atom is -1.00 e. The molecule has 3 rings (SSSR count). The molecule has 1 aliphatic rings. The first-order chi connectivity index (χ1) is 10.8. The number of rotatable bonds is 6. The molecule has 1 aromatic carbocycles. The Bertz CT molecular complexity index is 587. The van der Waals surface area contributed by atoms with E-state index in [1.807, 2.05) is 12.1 Å². The summed E-state index contributed by atoms with van der Waals surface area (Å²) in [6.45, 7) is 6.33. The fourth-order valence-electron chi connectivity index (χ4n) is 2.52. The summed E-state index contributed by atoms with van der Waals surface area (Å²) in [5, 5.41) is 3.39. The normalized spacial score (nSPS) is 14.7. The second kappa shape index (κ2) is 10.7. The first-order valence-electron chi connectivity index (χ1n) is 7.67. The van der Waals surface area contributed by atoms with Crippen LogP contribution in [0, 0.1) is 5.82 Å². The molecule has 7 heteroatoms. The smallest absolute Gasteiger partial charge is 0.134 e. The molecule has 0 unspecified atom stereocenters. The van der Waals surface area contributed by atoms with Gasteiger partial charge in [-0.3, -0.25) is 4.90 Å². The molecule has 0 radical (unpaired) electrons. The van der Waals surface area contributed by atoms with Gasteiger partial charge in [0, 0.05) is 31.7 Å². The van der Waals surface area contributed by atoms with Crippen LogP contribution < -0.4 is 30.1 Å². The van der Waals surface area contributed by atoms with E-state index in [0.717, 1.165) is 56.5 Å². The molecule has 1 N–H and O–H groups in total. The van der Waals surface area contributed by atoms with E-state index in [1.54, 1.807) is 12.1 Å². The minimum absolute atomic E-state index is 0. The van der Waals surface area contributed by atoms with Crippen LogP contribution in [0.4, 0.5) is 4.39 Å². The van der Waals surface area contributed by atoms with Gasteiger partial charge in [0.25, 0.3) is 0 Å². The summed E-state index contributed by atoms with van der Waals surface area (Å²) in [6.07, 6.45) is 0. The third kappa shape index (κ3) is 6.07. The maximum Gasteiger partial charge on any atom is 0.134 e. The number of hydrogen-bond donors (Lipinski definition) is 1. The predicted octanol–water partition coefficient (Wildman–Crippen LogP) is -3.48. The molecule has 2 heterocycles. The van der Waals surface area contributed by atoms with Crippen molar-refractivity contribution in [1.82, 2.24) is 10.2 Å². The second-order valence-corrected chi connectivity index (χ2v) is 5.40. The summed E-state index contributed by atoms with van der Waals surface area (Å²) in [6, 6.07) is 10.2. The zero-order valence-corrected chi connectivity index (χ0v) is 14.8. The first kappa shape index (κ1) is 20.9. The van der Waals surface area contributed by atoms with Crippen LogP contribution in [0.2, 0.25) is 0 Å². The molecule has 1 saturated heterocycles. The predicted molar refractivity (Wildman–Crippen MR) is 83.1 cm³/mol. The third-order valence-electron chi connectivity index (χ3n) is 3.80. The van der Waals surface area contributed by atoms with Crippen molar-refractivity contribution in [3.05, 3.63) is 48.0 Å². The molecule has 0 saturated carbocycles. The third-order valence-corrected chi connectivity index (χ3v) is 3.80. The Morgan fingerprint density at radius 1 is 1.00 bits per heavy atom. The zero-order chi connectivity index (χ0) is 15.2. The SMILES string of the molecule is Fc1ccc(-c2ccc(CNCCN3CCOCC3)o2)cc1.[Cl-].[Cl-]. The molecule has 0 aliphatic carbocycles. The fraction of sp³-hybridized carbons (Fsp3) is 0.412. The van der Waals surface area contributed by atoms with Crippen LogP contribution >= 0.6 is 0 Å². The van der Waals surface area contributed by atoms with Crippen molar-refractivity contribution in [2.75, 3.05) is 39.4 Å². The molecule has 24 heavy (non-hydrogen) atoms. The lowest BCUT2D eigenvalue weighted by atomic mass is 10.2. The maximum absolute atomic E-state index is 12.9. The average Bonchev–Trinajstić information content (AvgIpc) is 3.02. The highest BCUT2D eigenvalue weighted by molar-refractivity contribution is 5.57. The van der Waals surface area contributed by atoms with Crippen LogP contribution in [0.25, 0.3) is 11.3 Å². The van der Waals surface area contributed by atoms with E-state index in [1.165, 1.54) is 12.1 Å². The molecule has 0 atom stereocenters. The highest BCUT2D eigenvalue weighted by Crippen LogP contribution is 2.22. The van der Waals surface area contributed by atoms with E-state index in [2.05, 4.69) is 10.2 Å². The van der Waals surface area contributed by atoms with Gasteiger partial charge in [0.1, 0.15) is 17.3 Å². The number of benzene rings is 1. The monoisotopic (exact) mass is 374 g/mol. The Hall–Kier alpha value is -1.11. The van der Waals surface area contributed by atoms with Crippen molar-refractivity contribution in [1.29, 1.82) is 0 Å². The Morgan fingerprint density at radius 3 is 2.42 bits per heavy atom. The van der Waals surface area contributed by atoms with E-state index >= 15 is 0 Å². The fourth-order valence-corrected chi connectivity index (χ4v) is 2.52. The van der Waals surface area contributed by atoms with E-state index in [4.69, 9.17) is 9.15 Å². The van der Waals surface area contributed by atoms with Gasteiger partial charge in [-0.25, -0.2) is 4.39 Å². The molecule has 1 aliphatic heterocycles. The van der Waals surface area contributed by atoms with Crippen molar-refractivity contribution < 1.29 is 38.4 Å². The lowest BCUT2D eigenvalue weighted by molar-refractivity contribution is -0.00100. The summed E-state index contributed by atoms with van der Waals surface area (Å²) >= 11 is 0. The number of morpholine rings is 1. The molecule has 4 nitrogen and oxygen atoms in total. The molecule has 0 bridgehead atoms. The van der Waals surface area contributed by atoms with Crippen LogP contribution in [-0.2, 0) is 11.3 Å². The van der Waals surface area contributed by atoms with Crippen molar-refractivity contribution >= 4 is 0 Å². The molecular weight excluding hydrogens is 354 g/mol. The van der Waals surface area contributed by atoms with Gasteiger partial charge in [0.2, 0.25) is 0 Å². The minimum atomic E-state index is -0.236. The zero-order valence-electron chi connectivity index (χ0n) is 13.3. The summed E-state index contributed by atoms with van der Waals surface area (Å²) in [5.41, 5.74) is 0.890. The van der Waals surface area contributed by atoms with Gasteiger partial charge in [-0.15, -0.1) is 0 Å². The van der Waals surface area contributed by atoms with Gasteiger partial charge in [0.05, 0.1) is 19.8 Å². The first-order valence-corrected chi connectivity index (χ1v) is 7.67. The van der Waals surface area contributed by atoms with Gasteiger partial charge < -0.3 is 39.3 Å². The van der Waals surface area contributed by atoms with Crippen LogP contribution in [0.3, 0.4) is 0 Å². The quantitative estimate of drug-likeness (QED) is 0.533. The van der Waals surface area contributed by atoms with Gasteiger partial charge in [0.15, 0.2) is 0 Å². The van der Waals surface area contributed by atoms with Crippen molar-refractivity contribution in [2.24, 2.45) is 0 Å². The van der Waals surface area contributed by atoms with E-state index < -0.39 is 0 Å². The van der Waals surface area contributed by atoms with Gasteiger partial charge >= 0.3 is 0 Å². The number of ether oxygens (including phenoxy) is 1. The van der Waals surface area contributed by atoms with E-state index in [0.29, 0.717) is 6.54 Å². The van der Waals surface area contributed by atoms with Crippen LogP contribution in [-0.4, -0.2) is 44.3 Å². The Morgan fingerprint density at radius 2 is 1.71 bits per heavy atom. The standard InChI is InChI=1S/C17H21FN2O2.2ClH/c18-15-3-1-14(2-4-15)17-6-5-16(22-17)13-19-7-8-20-9-11-21-12-10-20;;/h1-6,19H,7-13H2;2*1H/p-2. The van der Waals surface area contributed by atoms with Gasteiger partial charge in [-0.1, -0.05) is 0 Å². The average molecular weight is 375 g/mol. The number of nitrogens with zero attached hydrogens (tertiary/aromatic N) is 1. The molecule has 0 amide bonds. The van der Waals surface area contributed by atoms with Gasteiger partial charge in [-0.05, 0) is 36.4 Å². The number of halogens is 3. The van der Waals surface area contributed by atoms with Crippen molar-refractivity contribution in [3.63, 3.8) is 0 Å². The summed E-state index contributed by atoms with van der Waals surface area (Å²) in [4.78, 5) is 2.39. The molecular formula is C17H21Cl2FN2O2-2. The number of nitrogens with one attached hydrogen (secondary N) is 1. The number of furan rings is 1. The van der Waals surface area contributed by atoms with Crippen LogP contribution in [0.15, 0.2) is 40.8 Å². The number of hydrogen-bond acceptors (Lipinski definition) is 4. The second-order valence-electron chi connectivity index (χ2n) is 5.40. The molecule has 2 aromatic rings. The lowest BCUT2D eigenvalue weighted by Crippen LogP contribution is -3.00. The van der Waals surface area contributed by atoms with Crippen molar-refractivity contribution in [2.45, 2.75) is 6.54 Å². The summed E-state index contributed by atoms with van der Waals surface area (Å²) in [7, 11) is 0. The van der Waals surface area contributed by atoms with E-state index in [9.17, 15) is 4.39 Å². The lowest BCUT2D eigenvalue weighted by Gasteiger charge is -2.26. The van der Waals surface area contributed by atoms with Gasteiger partial charge in [-0.2, -0.15) is 0 Å². The molecule has 0 spiro atoms. The maximum atomic E-state index is 12.9. The summed E-state index contributed by atoms with van der Waals surface area (Å²) in [5.74, 6) is 1.42. The molecule has 134 valence electrons. The molecule has 1 fully saturated rings. The largest absolute Gasteiger partial charge is 1.00 e. The topological polar surface area (TPSA) is 37.6 Å². The Kier molecular flexibility index (Phi) is 9.33.